The van der Waals surface area contributed by atoms with Crippen molar-refractivity contribution < 1.29 is 37.4 Å². The summed E-state index contributed by atoms with van der Waals surface area (Å²) in [5.41, 5.74) is 0.0199. The number of ketones is 1. The molecule has 1 N–H and O–H groups in total. The van der Waals surface area contributed by atoms with E-state index in [0.717, 1.165) is 23.5 Å². The van der Waals surface area contributed by atoms with Gasteiger partial charge >= 0.3 is 12.6 Å². The van der Waals surface area contributed by atoms with Crippen LogP contribution in [0.5, 0.6) is 5.75 Å². The molecular weight excluding hydrogens is 432 g/mol. The molecule has 0 saturated carbocycles. The maximum atomic E-state index is 12.1. The highest BCUT2D eigenvalue weighted by Gasteiger charge is 2.15. The number of Topliss-reactive ketones (excluding diaryl/α,β-unsaturated/α-hetero) is 1. The standard InChI is InChI=1S/C18H14ClF2NO6S/c19-14-7-6-13(29-14)12(23)5-8-16(25)27-9-15(24)22-17(26)10-1-3-11(4-2-10)28-18(20)21/h1-4,6-7,18H,5,8-9H2,(H,22,24,26). The number of hydrogen-bond acceptors (Lipinski definition) is 7. The number of halogens is 3. The lowest BCUT2D eigenvalue weighted by molar-refractivity contribution is -0.148. The lowest BCUT2D eigenvalue weighted by Gasteiger charge is -2.07. The largest absolute Gasteiger partial charge is 0.456 e. The van der Waals surface area contributed by atoms with Crippen LogP contribution in [0.1, 0.15) is 32.9 Å². The highest BCUT2D eigenvalue weighted by atomic mass is 35.5. The molecule has 0 aliphatic heterocycles. The van der Waals surface area contributed by atoms with Crippen molar-refractivity contribution in [3.8, 4) is 5.75 Å². The van der Waals surface area contributed by atoms with Gasteiger partial charge in [-0.1, -0.05) is 11.6 Å². The summed E-state index contributed by atoms with van der Waals surface area (Å²) in [4.78, 5) is 47.5. The molecule has 2 rings (SSSR count). The smallest absolute Gasteiger partial charge is 0.387 e. The number of imide groups is 1. The number of benzene rings is 1. The first-order chi connectivity index (χ1) is 13.7. The molecule has 0 saturated heterocycles. The van der Waals surface area contributed by atoms with Crippen LogP contribution in [0.4, 0.5) is 8.78 Å². The van der Waals surface area contributed by atoms with Crippen molar-refractivity contribution in [2.75, 3.05) is 6.61 Å². The van der Waals surface area contributed by atoms with Gasteiger partial charge in [0.05, 0.1) is 15.6 Å². The van der Waals surface area contributed by atoms with Crippen LogP contribution >= 0.6 is 22.9 Å². The average molecular weight is 446 g/mol. The third-order valence-corrected chi connectivity index (χ3v) is 4.64. The SMILES string of the molecule is O=C(COC(=O)CCC(=O)c1ccc(Cl)s1)NC(=O)c1ccc(OC(F)F)cc1. The molecule has 0 bridgehead atoms. The molecule has 0 spiro atoms. The molecule has 1 aromatic carbocycles. The van der Waals surface area contributed by atoms with Crippen LogP contribution in [0.2, 0.25) is 4.34 Å². The maximum absolute atomic E-state index is 12.1. The number of esters is 1. The molecule has 0 aliphatic rings. The molecule has 0 radical (unpaired) electrons. The summed E-state index contributed by atoms with van der Waals surface area (Å²) < 4.78 is 33.5. The Balaban J connectivity index is 1.72. The van der Waals surface area contributed by atoms with E-state index in [1.165, 1.54) is 12.1 Å². The number of nitrogens with one attached hydrogen (secondary N) is 1. The minimum atomic E-state index is -3.00. The van der Waals surface area contributed by atoms with Gasteiger partial charge < -0.3 is 9.47 Å². The van der Waals surface area contributed by atoms with Crippen LogP contribution in [0.25, 0.3) is 0 Å². The quantitative estimate of drug-likeness (QED) is 0.469. The summed E-state index contributed by atoms with van der Waals surface area (Å²) in [5.74, 6) is -2.89. The topological polar surface area (TPSA) is 98.8 Å². The van der Waals surface area contributed by atoms with Crippen molar-refractivity contribution in [3.05, 3.63) is 51.2 Å². The molecule has 0 unspecified atom stereocenters. The van der Waals surface area contributed by atoms with Crippen LogP contribution in [-0.4, -0.2) is 36.8 Å². The van der Waals surface area contributed by atoms with E-state index in [1.807, 2.05) is 5.32 Å². The Labute approximate surface area is 172 Å². The van der Waals surface area contributed by atoms with Gasteiger partial charge in [0, 0.05) is 12.0 Å². The lowest BCUT2D eigenvalue weighted by Crippen LogP contribution is -2.34. The Kier molecular flexibility index (Phi) is 8.22. The fourth-order valence-electron chi connectivity index (χ4n) is 2.04. The van der Waals surface area contributed by atoms with E-state index in [0.29, 0.717) is 9.21 Å². The lowest BCUT2D eigenvalue weighted by atomic mass is 10.2. The average Bonchev–Trinajstić information content (AvgIpc) is 3.11. The molecule has 1 aromatic heterocycles. The molecule has 154 valence electrons. The first kappa shape index (κ1) is 22.4. The summed E-state index contributed by atoms with van der Waals surface area (Å²) in [5, 5.41) is 1.98. The summed E-state index contributed by atoms with van der Waals surface area (Å²) >= 11 is 6.82. The second-order valence-electron chi connectivity index (χ2n) is 5.47. The predicted molar refractivity (Wildman–Crippen MR) is 99.4 cm³/mol. The number of ether oxygens (including phenoxy) is 2. The van der Waals surface area contributed by atoms with E-state index in [4.69, 9.17) is 16.3 Å². The highest BCUT2D eigenvalue weighted by Crippen LogP contribution is 2.23. The van der Waals surface area contributed by atoms with Crippen LogP contribution in [0.15, 0.2) is 36.4 Å². The molecule has 11 heteroatoms. The van der Waals surface area contributed by atoms with Gasteiger partial charge in [0.25, 0.3) is 11.8 Å². The summed E-state index contributed by atoms with van der Waals surface area (Å²) in [6.07, 6.45) is -0.343. The Hall–Kier alpha value is -2.85. The molecule has 0 atom stereocenters. The Morgan fingerprint density at radius 1 is 1.03 bits per heavy atom. The molecule has 2 amide bonds. The Morgan fingerprint density at radius 2 is 1.72 bits per heavy atom. The maximum Gasteiger partial charge on any atom is 0.387 e. The van der Waals surface area contributed by atoms with E-state index < -0.39 is 31.0 Å². The number of carbonyl (C=O) groups excluding carboxylic acids is 4. The summed E-state index contributed by atoms with van der Waals surface area (Å²) in [7, 11) is 0. The predicted octanol–water partition coefficient (Wildman–Crippen LogP) is 3.47. The van der Waals surface area contributed by atoms with Crippen LogP contribution in [0, 0.1) is 0 Å². The van der Waals surface area contributed by atoms with Crippen molar-refractivity contribution in [1.82, 2.24) is 5.32 Å². The molecule has 1 heterocycles. The third-order valence-electron chi connectivity index (χ3n) is 3.36. The second kappa shape index (κ2) is 10.6. The Bertz CT molecular complexity index is 900. The van der Waals surface area contributed by atoms with Crippen molar-refractivity contribution in [2.45, 2.75) is 19.5 Å². The molecular formula is C18H14ClF2NO6S. The molecule has 29 heavy (non-hydrogen) atoms. The van der Waals surface area contributed by atoms with Crippen molar-refractivity contribution in [1.29, 1.82) is 0 Å². The molecule has 2 aromatic rings. The van der Waals surface area contributed by atoms with E-state index in [2.05, 4.69) is 4.74 Å². The molecule has 0 fully saturated rings. The zero-order valence-electron chi connectivity index (χ0n) is 14.7. The van der Waals surface area contributed by atoms with E-state index in [-0.39, 0.29) is 29.9 Å². The van der Waals surface area contributed by atoms with Crippen molar-refractivity contribution >= 4 is 46.5 Å². The van der Waals surface area contributed by atoms with Crippen LogP contribution in [0.3, 0.4) is 0 Å². The number of carbonyl (C=O) groups is 4. The van der Waals surface area contributed by atoms with Crippen molar-refractivity contribution in [3.63, 3.8) is 0 Å². The minimum absolute atomic E-state index is 0.0199. The van der Waals surface area contributed by atoms with Gasteiger partial charge in [-0.05, 0) is 36.4 Å². The van der Waals surface area contributed by atoms with Gasteiger partial charge in [-0.25, -0.2) is 0 Å². The van der Waals surface area contributed by atoms with Crippen LogP contribution in [-0.2, 0) is 14.3 Å². The number of alkyl halides is 2. The summed E-state index contributed by atoms with van der Waals surface area (Å²) in [6.45, 7) is -3.71. The normalized spacial score (nSPS) is 10.5. The van der Waals surface area contributed by atoms with Gasteiger partial charge in [0.15, 0.2) is 12.4 Å². The highest BCUT2D eigenvalue weighted by molar-refractivity contribution is 7.18. The van der Waals surface area contributed by atoms with E-state index >= 15 is 0 Å². The van der Waals surface area contributed by atoms with Crippen molar-refractivity contribution in [2.24, 2.45) is 0 Å². The zero-order valence-corrected chi connectivity index (χ0v) is 16.2. The molecule has 7 nitrogen and oxygen atoms in total. The fourth-order valence-corrected chi connectivity index (χ4v) is 3.05. The minimum Gasteiger partial charge on any atom is -0.456 e. The number of hydrogen-bond donors (Lipinski definition) is 1. The van der Waals surface area contributed by atoms with Gasteiger partial charge in [-0.3, -0.25) is 24.5 Å². The third kappa shape index (κ3) is 7.59. The van der Waals surface area contributed by atoms with Gasteiger partial charge in [0.1, 0.15) is 5.75 Å². The van der Waals surface area contributed by atoms with E-state index in [1.54, 1.807) is 12.1 Å². The number of rotatable bonds is 9. The van der Waals surface area contributed by atoms with Gasteiger partial charge in [-0.15, -0.1) is 11.3 Å². The van der Waals surface area contributed by atoms with Crippen LogP contribution < -0.4 is 10.1 Å². The van der Waals surface area contributed by atoms with E-state index in [9.17, 15) is 28.0 Å². The zero-order chi connectivity index (χ0) is 21.4. The van der Waals surface area contributed by atoms with Gasteiger partial charge in [-0.2, -0.15) is 8.78 Å². The Morgan fingerprint density at radius 3 is 2.31 bits per heavy atom. The first-order valence-corrected chi connectivity index (χ1v) is 9.27. The monoisotopic (exact) mass is 445 g/mol. The second-order valence-corrected chi connectivity index (χ2v) is 7.18. The number of amides is 2. The first-order valence-electron chi connectivity index (χ1n) is 8.08. The molecule has 0 aliphatic carbocycles. The van der Waals surface area contributed by atoms with Gasteiger partial charge in [0.2, 0.25) is 0 Å². The number of thiophene rings is 1. The summed E-state index contributed by atoms with van der Waals surface area (Å²) in [6, 6.07) is 7.78. The fraction of sp³-hybridized carbons (Fsp3) is 0.222.